The molecule has 0 amide bonds. The van der Waals surface area contributed by atoms with Crippen molar-refractivity contribution in [2.45, 2.75) is 57.5 Å². The molecule has 1 saturated carbocycles. The van der Waals surface area contributed by atoms with Crippen LogP contribution in [0.5, 0.6) is 17.2 Å². The first kappa shape index (κ1) is 17.9. The van der Waals surface area contributed by atoms with Gasteiger partial charge in [-0.1, -0.05) is 25.3 Å². The second kappa shape index (κ2) is 7.23. The maximum atomic E-state index is 12.5. The minimum Gasteiger partial charge on any atom is -0.504 e. The van der Waals surface area contributed by atoms with E-state index in [1.807, 2.05) is 0 Å². The fraction of sp³-hybridized carbons (Fsp3) is 0.500. The van der Waals surface area contributed by atoms with Crippen LogP contribution in [0.2, 0.25) is 0 Å². The first-order chi connectivity index (χ1) is 13.0. The molecule has 0 saturated heterocycles. The second-order valence-corrected chi connectivity index (χ2v) is 7.61. The van der Waals surface area contributed by atoms with E-state index in [2.05, 4.69) is 9.88 Å². The van der Waals surface area contributed by atoms with E-state index in [4.69, 9.17) is 4.98 Å². The van der Waals surface area contributed by atoms with Gasteiger partial charge in [-0.25, -0.2) is 4.98 Å². The zero-order valence-corrected chi connectivity index (χ0v) is 15.2. The lowest BCUT2D eigenvalue weighted by Gasteiger charge is -2.29. The lowest BCUT2D eigenvalue weighted by atomic mass is 9.88. The van der Waals surface area contributed by atoms with Crippen LogP contribution in [-0.4, -0.2) is 36.7 Å². The standard InChI is InChI=1S/C20H25N3O4/c24-16-7-6-13(17(25)18(16)26)10-23-9-8-14-15(11-23)21-19(22-20(14)27)12-4-2-1-3-5-12/h6-7,12,24-26H,1-5,8-11H2,(H,21,22,27). The van der Waals surface area contributed by atoms with Gasteiger partial charge in [0, 0.05) is 36.7 Å². The van der Waals surface area contributed by atoms with E-state index in [9.17, 15) is 20.1 Å². The summed E-state index contributed by atoms with van der Waals surface area (Å²) in [6.45, 7) is 1.61. The second-order valence-electron chi connectivity index (χ2n) is 7.61. The lowest BCUT2D eigenvalue weighted by molar-refractivity contribution is 0.235. The van der Waals surface area contributed by atoms with Crippen LogP contribution in [0, 0.1) is 0 Å². The van der Waals surface area contributed by atoms with Crippen LogP contribution in [0.1, 0.15) is 60.7 Å². The van der Waals surface area contributed by atoms with Crippen molar-refractivity contribution in [3.05, 3.63) is 45.1 Å². The minimum absolute atomic E-state index is 0.0228. The summed E-state index contributed by atoms with van der Waals surface area (Å²) in [6.07, 6.45) is 6.37. The number of rotatable bonds is 3. The molecule has 0 unspecified atom stereocenters. The van der Waals surface area contributed by atoms with Crippen molar-refractivity contribution in [3.8, 4) is 17.2 Å². The highest BCUT2D eigenvalue weighted by atomic mass is 16.3. The van der Waals surface area contributed by atoms with Crippen molar-refractivity contribution in [3.63, 3.8) is 0 Å². The molecule has 1 aliphatic carbocycles. The number of nitrogens with zero attached hydrogens (tertiary/aromatic N) is 2. The molecule has 1 fully saturated rings. The Hall–Kier alpha value is -2.54. The number of H-pyrrole nitrogens is 1. The molecule has 4 N–H and O–H groups in total. The molecule has 0 bridgehead atoms. The summed E-state index contributed by atoms with van der Waals surface area (Å²) in [5.41, 5.74) is 2.08. The Kier molecular flexibility index (Phi) is 4.78. The summed E-state index contributed by atoms with van der Waals surface area (Å²) in [5, 5.41) is 29.2. The van der Waals surface area contributed by atoms with Crippen LogP contribution in [0.3, 0.4) is 0 Å². The van der Waals surface area contributed by atoms with E-state index in [0.29, 0.717) is 37.5 Å². The van der Waals surface area contributed by atoms with Gasteiger partial charge in [-0.05, 0) is 25.3 Å². The van der Waals surface area contributed by atoms with Crippen LogP contribution in [0.25, 0.3) is 0 Å². The van der Waals surface area contributed by atoms with E-state index >= 15 is 0 Å². The molecule has 7 heteroatoms. The van der Waals surface area contributed by atoms with Gasteiger partial charge >= 0.3 is 0 Å². The van der Waals surface area contributed by atoms with Crippen molar-refractivity contribution in [1.29, 1.82) is 0 Å². The van der Waals surface area contributed by atoms with Gasteiger partial charge in [0.15, 0.2) is 11.5 Å². The Balaban J connectivity index is 1.56. The van der Waals surface area contributed by atoms with Gasteiger partial charge in [-0.3, -0.25) is 9.69 Å². The highest BCUT2D eigenvalue weighted by Gasteiger charge is 2.25. The predicted molar refractivity (Wildman–Crippen MR) is 99.9 cm³/mol. The number of nitrogens with one attached hydrogen (secondary N) is 1. The van der Waals surface area contributed by atoms with Crippen LogP contribution in [0.15, 0.2) is 16.9 Å². The lowest BCUT2D eigenvalue weighted by Crippen LogP contribution is -2.35. The van der Waals surface area contributed by atoms with Crippen LogP contribution < -0.4 is 5.56 Å². The molecule has 2 heterocycles. The van der Waals surface area contributed by atoms with Gasteiger partial charge < -0.3 is 20.3 Å². The van der Waals surface area contributed by atoms with Gasteiger partial charge in [-0.15, -0.1) is 0 Å². The minimum atomic E-state index is -0.501. The molecule has 144 valence electrons. The summed E-state index contributed by atoms with van der Waals surface area (Å²) >= 11 is 0. The summed E-state index contributed by atoms with van der Waals surface area (Å²) in [6, 6.07) is 2.96. The molecule has 4 rings (SSSR count). The van der Waals surface area contributed by atoms with Gasteiger partial charge in [0.1, 0.15) is 5.82 Å². The highest BCUT2D eigenvalue weighted by Crippen LogP contribution is 2.38. The molecule has 1 aromatic heterocycles. The average Bonchev–Trinajstić information content (AvgIpc) is 2.69. The monoisotopic (exact) mass is 371 g/mol. The third kappa shape index (κ3) is 3.51. The first-order valence-electron chi connectivity index (χ1n) is 9.60. The Bertz CT molecular complexity index is 903. The summed E-state index contributed by atoms with van der Waals surface area (Å²) in [4.78, 5) is 22.4. The molecule has 1 aliphatic heterocycles. The number of aromatic nitrogens is 2. The quantitative estimate of drug-likeness (QED) is 0.617. The van der Waals surface area contributed by atoms with E-state index in [1.54, 1.807) is 6.07 Å². The Morgan fingerprint density at radius 1 is 1.11 bits per heavy atom. The molecule has 27 heavy (non-hydrogen) atoms. The van der Waals surface area contributed by atoms with Gasteiger partial charge in [0.05, 0.1) is 5.69 Å². The Morgan fingerprint density at radius 3 is 2.67 bits per heavy atom. The van der Waals surface area contributed by atoms with E-state index in [0.717, 1.165) is 29.9 Å². The molecule has 2 aromatic rings. The summed E-state index contributed by atoms with van der Waals surface area (Å²) in [7, 11) is 0. The number of phenols is 3. The van der Waals surface area contributed by atoms with Crippen LogP contribution in [0.4, 0.5) is 0 Å². The molecular weight excluding hydrogens is 346 g/mol. The third-order valence-corrected chi connectivity index (χ3v) is 5.77. The normalized spacial score (nSPS) is 18.4. The van der Waals surface area contributed by atoms with Gasteiger partial charge in [0.2, 0.25) is 5.75 Å². The average molecular weight is 371 g/mol. The third-order valence-electron chi connectivity index (χ3n) is 5.77. The number of hydrogen-bond donors (Lipinski definition) is 4. The highest BCUT2D eigenvalue weighted by molar-refractivity contribution is 5.53. The largest absolute Gasteiger partial charge is 0.504 e. The molecule has 7 nitrogen and oxygen atoms in total. The molecule has 0 spiro atoms. The maximum absolute atomic E-state index is 12.5. The Morgan fingerprint density at radius 2 is 1.89 bits per heavy atom. The number of aromatic amines is 1. The molecule has 0 atom stereocenters. The number of phenolic OH excluding ortho intramolecular Hbond substituents is 3. The van der Waals surface area contributed by atoms with Crippen LogP contribution in [-0.2, 0) is 19.5 Å². The number of fused-ring (bicyclic) bond motifs is 1. The van der Waals surface area contributed by atoms with Gasteiger partial charge in [-0.2, -0.15) is 0 Å². The van der Waals surface area contributed by atoms with Gasteiger partial charge in [0.25, 0.3) is 5.56 Å². The Labute approximate surface area is 157 Å². The number of benzene rings is 1. The predicted octanol–water partition coefficient (Wildman–Crippen LogP) is 2.49. The zero-order valence-electron chi connectivity index (χ0n) is 15.2. The maximum Gasteiger partial charge on any atom is 0.254 e. The fourth-order valence-corrected chi connectivity index (χ4v) is 4.20. The van der Waals surface area contributed by atoms with E-state index in [1.165, 1.54) is 25.3 Å². The van der Waals surface area contributed by atoms with Crippen molar-refractivity contribution >= 4 is 0 Å². The fourth-order valence-electron chi connectivity index (χ4n) is 4.20. The molecule has 1 aromatic carbocycles. The van der Waals surface area contributed by atoms with Crippen molar-refractivity contribution in [2.75, 3.05) is 6.54 Å². The molecular formula is C20H25N3O4. The number of aromatic hydroxyl groups is 3. The van der Waals surface area contributed by atoms with E-state index in [-0.39, 0.29) is 17.1 Å². The molecule has 0 radical (unpaired) electrons. The summed E-state index contributed by atoms with van der Waals surface area (Å²) in [5.74, 6) is 0.00262. The van der Waals surface area contributed by atoms with Crippen LogP contribution >= 0.6 is 0 Å². The topological polar surface area (TPSA) is 110 Å². The smallest absolute Gasteiger partial charge is 0.254 e. The molecule has 2 aliphatic rings. The SMILES string of the molecule is O=c1[nH]c(C2CCCCC2)nc2c1CCN(Cc1ccc(O)c(O)c1O)C2. The van der Waals surface area contributed by atoms with Crippen molar-refractivity contribution in [1.82, 2.24) is 14.9 Å². The van der Waals surface area contributed by atoms with Crippen molar-refractivity contribution in [2.24, 2.45) is 0 Å². The van der Waals surface area contributed by atoms with Crippen molar-refractivity contribution < 1.29 is 15.3 Å². The van der Waals surface area contributed by atoms with E-state index < -0.39 is 5.75 Å². The summed E-state index contributed by atoms with van der Waals surface area (Å²) < 4.78 is 0. The first-order valence-corrected chi connectivity index (χ1v) is 9.60. The number of hydrogen-bond acceptors (Lipinski definition) is 6. The zero-order chi connectivity index (χ0) is 19.0.